The van der Waals surface area contributed by atoms with Gasteiger partial charge in [-0.2, -0.15) is 0 Å². The summed E-state index contributed by atoms with van der Waals surface area (Å²) in [5.74, 6) is 1.52. The van der Waals surface area contributed by atoms with Gasteiger partial charge in [0.15, 0.2) is 0 Å². The normalized spacial score (nSPS) is 28.9. The van der Waals surface area contributed by atoms with Crippen LogP contribution in [0, 0.1) is 5.92 Å². The van der Waals surface area contributed by atoms with Gasteiger partial charge in [-0.05, 0) is 31.4 Å². The molecule has 1 saturated carbocycles. The average Bonchev–Trinajstić information content (AvgIpc) is 2.39. The monoisotopic (exact) mass is 215 g/mol. The number of aliphatic imine (C=N–C) groups is 1. The first-order chi connectivity index (χ1) is 7.93. The van der Waals surface area contributed by atoms with Crippen molar-refractivity contribution in [3.63, 3.8) is 0 Å². The third-order valence-corrected chi connectivity index (χ3v) is 3.59. The second kappa shape index (κ2) is 4.28. The second-order valence-corrected chi connectivity index (χ2v) is 4.71. The van der Waals surface area contributed by atoms with E-state index in [4.69, 9.17) is 4.74 Å². The first-order valence-electron chi connectivity index (χ1n) is 6.20. The van der Waals surface area contributed by atoms with Crippen LogP contribution >= 0.6 is 0 Å². The summed E-state index contributed by atoms with van der Waals surface area (Å²) >= 11 is 0. The van der Waals surface area contributed by atoms with Crippen molar-refractivity contribution in [2.75, 3.05) is 6.54 Å². The standard InChI is InChI=1S/C14H17NO/c1-2-6-11(7-3-1)14-15-10-12-8-4-5-9-13(12)16-14/h1-3,6-7,12-13H,4-5,8-10H2/t12-,13-/m1/s1. The smallest absolute Gasteiger partial charge is 0.216 e. The summed E-state index contributed by atoms with van der Waals surface area (Å²) in [7, 11) is 0. The summed E-state index contributed by atoms with van der Waals surface area (Å²) in [6, 6.07) is 10.2. The second-order valence-electron chi connectivity index (χ2n) is 4.71. The molecular formula is C14H17NO. The topological polar surface area (TPSA) is 21.6 Å². The molecule has 2 atom stereocenters. The lowest BCUT2D eigenvalue weighted by Crippen LogP contribution is -2.36. The summed E-state index contributed by atoms with van der Waals surface area (Å²) in [4.78, 5) is 4.58. The quantitative estimate of drug-likeness (QED) is 0.705. The van der Waals surface area contributed by atoms with Gasteiger partial charge in [0.2, 0.25) is 5.90 Å². The van der Waals surface area contributed by atoms with Gasteiger partial charge in [-0.1, -0.05) is 24.6 Å². The van der Waals surface area contributed by atoms with Gasteiger partial charge in [-0.3, -0.25) is 4.99 Å². The lowest BCUT2D eigenvalue weighted by molar-refractivity contribution is 0.0729. The van der Waals surface area contributed by atoms with E-state index in [-0.39, 0.29) is 0 Å². The van der Waals surface area contributed by atoms with Gasteiger partial charge in [0, 0.05) is 18.0 Å². The van der Waals surface area contributed by atoms with Crippen LogP contribution in [0.3, 0.4) is 0 Å². The van der Waals surface area contributed by atoms with E-state index in [0.717, 1.165) is 18.0 Å². The van der Waals surface area contributed by atoms with Crippen molar-refractivity contribution >= 4 is 5.90 Å². The van der Waals surface area contributed by atoms with Crippen LogP contribution in [-0.2, 0) is 4.74 Å². The molecule has 0 aromatic heterocycles. The molecular weight excluding hydrogens is 198 g/mol. The number of fused-ring (bicyclic) bond motifs is 1. The summed E-state index contributed by atoms with van der Waals surface area (Å²) in [5.41, 5.74) is 1.12. The van der Waals surface area contributed by atoms with E-state index in [2.05, 4.69) is 17.1 Å². The predicted molar refractivity (Wildman–Crippen MR) is 64.7 cm³/mol. The molecule has 2 nitrogen and oxygen atoms in total. The van der Waals surface area contributed by atoms with Gasteiger partial charge < -0.3 is 4.74 Å². The van der Waals surface area contributed by atoms with E-state index < -0.39 is 0 Å². The molecule has 0 spiro atoms. The Kier molecular flexibility index (Phi) is 2.65. The van der Waals surface area contributed by atoms with Crippen molar-refractivity contribution < 1.29 is 4.74 Å². The molecule has 1 heterocycles. The van der Waals surface area contributed by atoms with Crippen LogP contribution in [-0.4, -0.2) is 18.5 Å². The molecule has 1 fully saturated rings. The minimum Gasteiger partial charge on any atom is -0.474 e. The van der Waals surface area contributed by atoms with Crippen LogP contribution in [0.5, 0.6) is 0 Å². The number of hydrogen-bond donors (Lipinski definition) is 0. The summed E-state index contributed by atoms with van der Waals surface area (Å²) in [5, 5.41) is 0. The molecule has 2 aliphatic rings. The van der Waals surface area contributed by atoms with Crippen molar-refractivity contribution in [2.24, 2.45) is 10.9 Å². The van der Waals surface area contributed by atoms with Gasteiger partial charge in [-0.25, -0.2) is 0 Å². The third-order valence-electron chi connectivity index (χ3n) is 3.59. The van der Waals surface area contributed by atoms with Crippen molar-refractivity contribution in [1.29, 1.82) is 0 Å². The Labute approximate surface area is 96.3 Å². The van der Waals surface area contributed by atoms with Crippen LogP contribution in [0.15, 0.2) is 35.3 Å². The molecule has 0 saturated heterocycles. The van der Waals surface area contributed by atoms with Crippen LogP contribution in [0.25, 0.3) is 0 Å². The summed E-state index contributed by atoms with van der Waals surface area (Å²) in [6.45, 7) is 0.953. The molecule has 84 valence electrons. The minimum atomic E-state index is 0.418. The Bertz CT molecular complexity index is 385. The summed E-state index contributed by atoms with van der Waals surface area (Å²) < 4.78 is 6.03. The van der Waals surface area contributed by atoms with Crippen LogP contribution in [0.4, 0.5) is 0 Å². The van der Waals surface area contributed by atoms with Gasteiger partial charge in [0.25, 0.3) is 0 Å². The molecule has 0 radical (unpaired) electrons. The molecule has 2 heteroatoms. The molecule has 1 aromatic rings. The largest absolute Gasteiger partial charge is 0.474 e. The maximum atomic E-state index is 6.03. The molecule has 1 aromatic carbocycles. The van der Waals surface area contributed by atoms with Gasteiger partial charge in [0.05, 0.1) is 0 Å². The zero-order chi connectivity index (χ0) is 10.8. The molecule has 0 unspecified atom stereocenters. The van der Waals surface area contributed by atoms with Crippen molar-refractivity contribution in [1.82, 2.24) is 0 Å². The van der Waals surface area contributed by atoms with Crippen molar-refractivity contribution in [3.8, 4) is 0 Å². The first kappa shape index (κ1) is 9.88. The van der Waals surface area contributed by atoms with Gasteiger partial charge in [-0.15, -0.1) is 0 Å². The van der Waals surface area contributed by atoms with E-state index in [1.807, 2.05) is 18.2 Å². The Morgan fingerprint density at radius 3 is 2.75 bits per heavy atom. The number of benzene rings is 1. The molecule has 1 aliphatic carbocycles. The predicted octanol–water partition coefficient (Wildman–Crippen LogP) is 3.02. The number of rotatable bonds is 1. The zero-order valence-electron chi connectivity index (χ0n) is 9.43. The lowest BCUT2D eigenvalue weighted by atomic mass is 9.86. The number of nitrogens with zero attached hydrogens (tertiary/aromatic N) is 1. The SMILES string of the molecule is c1ccc(C2=NC[C@H]3CCCC[C@H]3O2)cc1. The maximum Gasteiger partial charge on any atom is 0.216 e. The highest BCUT2D eigenvalue weighted by molar-refractivity contribution is 5.94. The average molecular weight is 215 g/mol. The zero-order valence-corrected chi connectivity index (χ0v) is 9.43. The Morgan fingerprint density at radius 2 is 1.88 bits per heavy atom. The fourth-order valence-corrected chi connectivity index (χ4v) is 2.66. The first-order valence-corrected chi connectivity index (χ1v) is 6.20. The number of hydrogen-bond acceptors (Lipinski definition) is 2. The van der Waals surface area contributed by atoms with E-state index in [0.29, 0.717) is 12.0 Å². The van der Waals surface area contributed by atoms with E-state index in [9.17, 15) is 0 Å². The van der Waals surface area contributed by atoms with Crippen LogP contribution in [0.2, 0.25) is 0 Å². The summed E-state index contributed by atoms with van der Waals surface area (Å²) in [6.07, 6.45) is 5.57. The van der Waals surface area contributed by atoms with E-state index in [1.165, 1.54) is 25.7 Å². The fraction of sp³-hybridized carbons (Fsp3) is 0.500. The maximum absolute atomic E-state index is 6.03. The Balaban J connectivity index is 1.81. The minimum absolute atomic E-state index is 0.418. The molecule has 16 heavy (non-hydrogen) atoms. The molecule has 0 bridgehead atoms. The van der Waals surface area contributed by atoms with Gasteiger partial charge >= 0.3 is 0 Å². The highest BCUT2D eigenvalue weighted by atomic mass is 16.5. The lowest BCUT2D eigenvalue weighted by Gasteiger charge is -2.34. The molecule has 1 aliphatic heterocycles. The third kappa shape index (κ3) is 1.84. The Hall–Kier alpha value is -1.31. The molecule has 3 rings (SSSR count). The molecule has 0 N–H and O–H groups in total. The van der Waals surface area contributed by atoms with Crippen molar-refractivity contribution in [2.45, 2.75) is 31.8 Å². The highest BCUT2D eigenvalue weighted by Crippen LogP contribution is 2.30. The fourth-order valence-electron chi connectivity index (χ4n) is 2.66. The van der Waals surface area contributed by atoms with Crippen LogP contribution < -0.4 is 0 Å². The highest BCUT2D eigenvalue weighted by Gasteiger charge is 2.30. The van der Waals surface area contributed by atoms with Crippen LogP contribution in [0.1, 0.15) is 31.2 Å². The number of ether oxygens (including phenoxy) is 1. The van der Waals surface area contributed by atoms with E-state index >= 15 is 0 Å². The van der Waals surface area contributed by atoms with Crippen molar-refractivity contribution in [3.05, 3.63) is 35.9 Å². The van der Waals surface area contributed by atoms with E-state index in [1.54, 1.807) is 0 Å². The molecule has 0 amide bonds. The van der Waals surface area contributed by atoms with Gasteiger partial charge in [0.1, 0.15) is 6.10 Å². The Morgan fingerprint density at radius 1 is 1.06 bits per heavy atom.